The molecule has 1 saturated carbocycles. The van der Waals surface area contributed by atoms with Crippen LogP contribution in [-0.4, -0.2) is 73.7 Å². The highest BCUT2D eigenvalue weighted by Gasteiger charge is 2.45. The van der Waals surface area contributed by atoms with Crippen molar-refractivity contribution in [3.63, 3.8) is 0 Å². The minimum Gasteiger partial charge on any atom is -0.481 e. The molecule has 0 aliphatic heterocycles. The number of carbonyl (C=O) groups is 4. The molecule has 1 aliphatic carbocycles. The third-order valence-electron chi connectivity index (χ3n) is 4.70. The Bertz CT molecular complexity index is 643. The van der Waals surface area contributed by atoms with E-state index in [2.05, 4.69) is 4.74 Å². The molecule has 0 amide bonds. The lowest BCUT2D eigenvalue weighted by molar-refractivity contribution is -0.149. The SMILES string of the molecule is CN(CCC(=O)c1ccccc1)C1C(N)CC1C(=O)O.COCC(C=O)C=O. The molecule has 0 spiro atoms. The van der Waals surface area contributed by atoms with Crippen molar-refractivity contribution >= 4 is 24.3 Å². The molecule has 0 saturated heterocycles. The number of nitrogens with zero attached hydrogens (tertiary/aromatic N) is 1. The predicted molar refractivity (Wildman–Crippen MR) is 103 cm³/mol. The van der Waals surface area contributed by atoms with Gasteiger partial charge in [0.05, 0.1) is 18.4 Å². The fourth-order valence-corrected chi connectivity index (χ4v) is 3.05. The Kier molecular flexibility index (Phi) is 10.2. The van der Waals surface area contributed by atoms with Gasteiger partial charge in [0.15, 0.2) is 5.78 Å². The second-order valence-corrected chi connectivity index (χ2v) is 6.75. The quantitative estimate of drug-likeness (QED) is 0.337. The second-order valence-electron chi connectivity index (χ2n) is 6.75. The average Bonchev–Trinajstić information content (AvgIpc) is 2.69. The highest BCUT2D eigenvalue weighted by Crippen LogP contribution is 2.30. The fraction of sp³-hybridized carbons (Fsp3) is 0.500. The Labute approximate surface area is 164 Å². The molecule has 0 aromatic heterocycles. The third kappa shape index (κ3) is 6.95. The van der Waals surface area contributed by atoms with E-state index in [1.54, 1.807) is 12.1 Å². The summed E-state index contributed by atoms with van der Waals surface area (Å²) >= 11 is 0. The molecule has 28 heavy (non-hydrogen) atoms. The van der Waals surface area contributed by atoms with Crippen LogP contribution in [0.15, 0.2) is 30.3 Å². The number of Topliss-reactive ketones (excluding diaryl/α,β-unsaturated/α-hetero) is 1. The molecular weight excluding hydrogens is 364 g/mol. The molecule has 8 heteroatoms. The van der Waals surface area contributed by atoms with E-state index in [4.69, 9.17) is 10.8 Å². The van der Waals surface area contributed by atoms with Crippen LogP contribution in [0.25, 0.3) is 0 Å². The summed E-state index contributed by atoms with van der Waals surface area (Å²) in [5.74, 6) is -1.74. The zero-order chi connectivity index (χ0) is 21.1. The van der Waals surface area contributed by atoms with Gasteiger partial charge in [-0.3, -0.25) is 9.59 Å². The molecule has 1 aromatic rings. The highest BCUT2D eigenvalue weighted by atomic mass is 16.5. The number of ether oxygens (including phenoxy) is 1. The number of hydrogen-bond donors (Lipinski definition) is 2. The largest absolute Gasteiger partial charge is 0.481 e. The summed E-state index contributed by atoms with van der Waals surface area (Å²) in [4.78, 5) is 44.6. The molecule has 3 N–H and O–H groups in total. The van der Waals surface area contributed by atoms with Gasteiger partial charge in [-0.15, -0.1) is 0 Å². The van der Waals surface area contributed by atoms with Gasteiger partial charge in [0.2, 0.25) is 0 Å². The molecule has 8 nitrogen and oxygen atoms in total. The van der Waals surface area contributed by atoms with E-state index in [-0.39, 0.29) is 24.5 Å². The van der Waals surface area contributed by atoms with Gasteiger partial charge in [-0.2, -0.15) is 0 Å². The molecule has 1 aromatic carbocycles. The number of aldehydes is 2. The molecule has 154 valence electrons. The summed E-state index contributed by atoms with van der Waals surface area (Å²) in [6, 6.07) is 8.82. The van der Waals surface area contributed by atoms with Crippen molar-refractivity contribution in [1.29, 1.82) is 0 Å². The van der Waals surface area contributed by atoms with Crippen LogP contribution in [0.2, 0.25) is 0 Å². The predicted octanol–water partition coefficient (Wildman–Crippen LogP) is 0.638. The molecular formula is C20H28N2O6. The van der Waals surface area contributed by atoms with Crippen LogP contribution in [-0.2, 0) is 19.1 Å². The zero-order valence-electron chi connectivity index (χ0n) is 16.2. The number of aliphatic carboxylic acids is 1. The van der Waals surface area contributed by atoms with E-state index >= 15 is 0 Å². The first-order valence-electron chi connectivity index (χ1n) is 9.02. The van der Waals surface area contributed by atoms with Gasteiger partial charge in [0.1, 0.15) is 12.6 Å². The number of nitrogens with two attached hydrogens (primary N) is 1. The Morgan fingerprint density at radius 1 is 1.29 bits per heavy atom. The maximum atomic E-state index is 12.0. The minimum atomic E-state index is -0.807. The van der Waals surface area contributed by atoms with Gasteiger partial charge < -0.3 is 30.1 Å². The lowest BCUT2D eigenvalue weighted by Gasteiger charge is -2.45. The van der Waals surface area contributed by atoms with Gasteiger partial charge in [-0.25, -0.2) is 0 Å². The van der Waals surface area contributed by atoms with E-state index in [1.165, 1.54) is 7.11 Å². The highest BCUT2D eigenvalue weighted by molar-refractivity contribution is 5.96. The molecule has 3 unspecified atom stereocenters. The minimum absolute atomic E-state index is 0.0669. The van der Waals surface area contributed by atoms with Crippen molar-refractivity contribution < 1.29 is 29.0 Å². The van der Waals surface area contributed by atoms with Crippen LogP contribution >= 0.6 is 0 Å². The van der Waals surface area contributed by atoms with Crippen LogP contribution in [0.4, 0.5) is 0 Å². The standard InChI is InChI=1S/C15H20N2O3.C5H8O3/c1-17(14-11(15(19)20)9-12(14)16)8-7-13(18)10-5-3-2-4-6-10;1-8-4-5(2-6)3-7/h2-6,11-12,14H,7-9,16H2,1H3,(H,19,20);2-3,5H,4H2,1H3. The Hall–Kier alpha value is -2.42. The molecule has 3 atom stereocenters. The Balaban J connectivity index is 0.000000416. The number of rotatable bonds is 10. The van der Waals surface area contributed by atoms with Crippen molar-refractivity contribution in [2.24, 2.45) is 17.6 Å². The van der Waals surface area contributed by atoms with Crippen LogP contribution in [0.5, 0.6) is 0 Å². The first kappa shape index (κ1) is 23.6. The second kappa shape index (κ2) is 12.1. The lowest BCUT2D eigenvalue weighted by Crippen LogP contribution is -2.62. The van der Waals surface area contributed by atoms with Crippen molar-refractivity contribution in [2.75, 3.05) is 27.3 Å². The van der Waals surface area contributed by atoms with Crippen molar-refractivity contribution in [3.8, 4) is 0 Å². The topological polar surface area (TPSA) is 127 Å². The molecule has 0 radical (unpaired) electrons. The van der Waals surface area contributed by atoms with Crippen LogP contribution < -0.4 is 5.73 Å². The van der Waals surface area contributed by atoms with E-state index in [0.717, 1.165) is 0 Å². The van der Waals surface area contributed by atoms with Gasteiger partial charge in [0.25, 0.3) is 0 Å². The smallest absolute Gasteiger partial charge is 0.308 e. The van der Waals surface area contributed by atoms with Crippen LogP contribution in [0.3, 0.4) is 0 Å². The van der Waals surface area contributed by atoms with Crippen molar-refractivity contribution in [1.82, 2.24) is 4.90 Å². The summed E-state index contributed by atoms with van der Waals surface area (Å²) in [6.07, 6.45) is 2.01. The monoisotopic (exact) mass is 392 g/mol. The average molecular weight is 392 g/mol. The number of carboxylic acids is 1. The summed E-state index contributed by atoms with van der Waals surface area (Å²) < 4.78 is 4.52. The maximum Gasteiger partial charge on any atom is 0.308 e. The van der Waals surface area contributed by atoms with Gasteiger partial charge in [-0.1, -0.05) is 30.3 Å². The van der Waals surface area contributed by atoms with E-state index in [0.29, 0.717) is 37.5 Å². The van der Waals surface area contributed by atoms with Gasteiger partial charge in [-0.05, 0) is 13.5 Å². The van der Waals surface area contributed by atoms with Gasteiger partial charge >= 0.3 is 5.97 Å². The molecule has 2 rings (SSSR count). The van der Waals surface area contributed by atoms with E-state index < -0.39 is 17.8 Å². The summed E-state index contributed by atoms with van der Waals surface area (Å²) in [5, 5.41) is 9.08. The maximum absolute atomic E-state index is 12.0. The first-order chi connectivity index (χ1) is 13.3. The number of carboxylic acid groups (broad SMARTS) is 1. The number of ketones is 1. The molecule has 0 heterocycles. The van der Waals surface area contributed by atoms with Crippen molar-refractivity contribution in [3.05, 3.63) is 35.9 Å². The van der Waals surface area contributed by atoms with E-state index in [1.807, 2.05) is 30.1 Å². The summed E-state index contributed by atoms with van der Waals surface area (Å²) in [7, 11) is 3.28. The van der Waals surface area contributed by atoms with Crippen molar-refractivity contribution in [2.45, 2.75) is 24.9 Å². The first-order valence-corrected chi connectivity index (χ1v) is 9.02. The number of likely N-dealkylation sites (N-methyl/N-ethyl adjacent to an activating group) is 1. The number of hydrogen-bond acceptors (Lipinski definition) is 7. The summed E-state index contributed by atoms with van der Waals surface area (Å²) in [6.45, 7) is 0.711. The van der Waals surface area contributed by atoms with Crippen LogP contribution in [0.1, 0.15) is 23.2 Å². The third-order valence-corrected chi connectivity index (χ3v) is 4.70. The lowest BCUT2D eigenvalue weighted by atomic mass is 9.74. The summed E-state index contributed by atoms with van der Waals surface area (Å²) in [5.41, 5.74) is 6.57. The van der Waals surface area contributed by atoms with E-state index in [9.17, 15) is 19.2 Å². The molecule has 1 fully saturated rings. The molecule has 1 aliphatic rings. The number of carbonyl (C=O) groups excluding carboxylic acids is 3. The zero-order valence-corrected chi connectivity index (χ0v) is 16.2. The Morgan fingerprint density at radius 3 is 2.32 bits per heavy atom. The number of benzene rings is 1. The Morgan fingerprint density at radius 2 is 1.89 bits per heavy atom. The van der Waals surface area contributed by atoms with Crippen LogP contribution in [0, 0.1) is 11.8 Å². The molecule has 0 bridgehead atoms. The normalized spacial score (nSPS) is 20.7. The number of methoxy groups -OCH3 is 1. The van der Waals surface area contributed by atoms with Gasteiger partial charge in [0, 0.05) is 37.7 Å². The fourth-order valence-electron chi connectivity index (χ4n) is 3.05.